The van der Waals surface area contributed by atoms with Crippen LogP contribution in [0, 0.1) is 11.3 Å². The molecule has 200 valence electrons. The quantitative estimate of drug-likeness (QED) is 0.296. The number of nitriles is 1. The van der Waals surface area contributed by atoms with E-state index in [0.717, 1.165) is 16.8 Å². The van der Waals surface area contributed by atoms with E-state index in [0.29, 0.717) is 40.9 Å². The molecule has 10 heteroatoms. The summed E-state index contributed by atoms with van der Waals surface area (Å²) in [6, 6.07) is 21.8. The lowest BCUT2D eigenvalue weighted by Gasteiger charge is -2.34. The molecule has 1 spiro atoms. The molecule has 8 nitrogen and oxygen atoms in total. The molecule has 0 N–H and O–H groups in total. The number of hydrogen-bond donors (Lipinski definition) is 0. The number of urea groups is 1. The van der Waals surface area contributed by atoms with E-state index < -0.39 is 11.6 Å². The van der Waals surface area contributed by atoms with E-state index in [1.807, 2.05) is 35.0 Å². The van der Waals surface area contributed by atoms with Gasteiger partial charge >= 0.3 is 6.03 Å². The number of hydrogen-bond acceptors (Lipinski definition) is 5. The maximum absolute atomic E-state index is 14.3. The Kier molecular flexibility index (Phi) is 6.59. The molecule has 0 saturated carbocycles. The molecule has 2 atom stereocenters. The van der Waals surface area contributed by atoms with Crippen LogP contribution in [0.2, 0.25) is 10.0 Å². The van der Waals surface area contributed by atoms with E-state index in [1.165, 1.54) is 4.90 Å². The highest BCUT2D eigenvalue weighted by Gasteiger charge is 2.64. The number of nitrogens with zero attached hydrogens (tertiary/aromatic N) is 6. The highest BCUT2D eigenvalue weighted by Crippen LogP contribution is 2.47. The molecule has 2 fully saturated rings. The lowest BCUT2D eigenvalue weighted by molar-refractivity contribution is -0.124. The molecule has 2 aliphatic rings. The number of carbonyl (C=O) groups excluding carboxylic acids is 2. The van der Waals surface area contributed by atoms with Gasteiger partial charge in [0.1, 0.15) is 5.54 Å². The first-order valence-electron chi connectivity index (χ1n) is 12.7. The van der Waals surface area contributed by atoms with Gasteiger partial charge in [-0.25, -0.2) is 14.7 Å². The highest BCUT2D eigenvalue weighted by atomic mass is 35.5. The molecule has 2 aliphatic heterocycles. The summed E-state index contributed by atoms with van der Waals surface area (Å²) in [6.45, 7) is 1.48. The Hall–Kier alpha value is -4.16. The van der Waals surface area contributed by atoms with E-state index >= 15 is 0 Å². The van der Waals surface area contributed by atoms with Crippen molar-refractivity contribution >= 4 is 40.8 Å². The molecule has 4 aromatic rings. The van der Waals surface area contributed by atoms with Crippen molar-refractivity contribution in [3.8, 4) is 11.8 Å². The van der Waals surface area contributed by atoms with E-state index in [-0.39, 0.29) is 11.8 Å². The second-order valence-corrected chi connectivity index (χ2v) is 11.0. The molecule has 0 bridgehead atoms. The zero-order valence-corrected chi connectivity index (χ0v) is 23.0. The molecule has 3 amide bonds. The molecule has 3 aromatic carbocycles. The van der Waals surface area contributed by atoms with E-state index in [4.69, 9.17) is 23.2 Å². The van der Waals surface area contributed by atoms with Crippen molar-refractivity contribution in [3.63, 3.8) is 0 Å². The van der Waals surface area contributed by atoms with Crippen LogP contribution in [0.5, 0.6) is 0 Å². The number of imidazole rings is 1. The van der Waals surface area contributed by atoms with Crippen molar-refractivity contribution in [3.05, 3.63) is 112 Å². The topological polar surface area (TPSA) is 85.5 Å². The Labute approximate surface area is 241 Å². The number of halogens is 2. The van der Waals surface area contributed by atoms with Crippen LogP contribution in [0.25, 0.3) is 5.69 Å². The van der Waals surface area contributed by atoms with Gasteiger partial charge in [-0.15, -0.1) is 0 Å². The summed E-state index contributed by atoms with van der Waals surface area (Å²) < 4.78 is 1.93. The molecule has 0 unspecified atom stereocenters. The van der Waals surface area contributed by atoms with Crippen molar-refractivity contribution in [2.75, 3.05) is 25.0 Å². The number of likely N-dealkylation sites (tertiary alicyclic amines) is 1. The number of anilines is 1. The summed E-state index contributed by atoms with van der Waals surface area (Å²) in [7, 11) is 1.67. The number of aromatic nitrogens is 2. The van der Waals surface area contributed by atoms with Gasteiger partial charge in [0, 0.05) is 60.7 Å². The van der Waals surface area contributed by atoms with Crippen LogP contribution >= 0.6 is 23.2 Å². The Morgan fingerprint density at radius 3 is 2.33 bits per heavy atom. The maximum Gasteiger partial charge on any atom is 0.332 e. The first-order chi connectivity index (χ1) is 19.3. The standard InChI is InChI=1S/C30H24Cl2N6O2/c1-35-29(40)38(26-13-23(31)12-24(32)14-26)28(39)30(35)18-36(17-27(30)22-6-2-20(15-33)3-7-22)16-21-4-8-25(9-5-21)37-11-10-34-19-37/h2-14,19,27H,16-18H2,1H3/t27-,30+/m0/s1. The second kappa shape index (κ2) is 10.1. The second-order valence-electron chi connectivity index (χ2n) is 10.1. The minimum Gasteiger partial charge on any atom is -0.310 e. The van der Waals surface area contributed by atoms with Crippen LogP contribution in [-0.2, 0) is 11.3 Å². The van der Waals surface area contributed by atoms with Gasteiger partial charge in [0.25, 0.3) is 5.91 Å². The van der Waals surface area contributed by atoms with Crippen molar-refractivity contribution in [2.24, 2.45) is 0 Å². The van der Waals surface area contributed by atoms with Crippen molar-refractivity contribution < 1.29 is 9.59 Å². The van der Waals surface area contributed by atoms with Gasteiger partial charge in [-0.3, -0.25) is 9.69 Å². The van der Waals surface area contributed by atoms with Gasteiger partial charge in [-0.2, -0.15) is 5.26 Å². The van der Waals surface area contributed by atoms with Gasteiger partial charge in [0.05, 0.1) is 23.6 Å². The van der Waals surface area contributed by atoms with E-state index in [2.05, 4.69) is 28.1 Å². The predicted octanol–water partition coefficient (Wildman–Crippen LogP) is 5.49. The highest BCUT2D eigenvalue weighted by molar-refractivity contribution is 6.35. The van der Waals surface area contributed by atoms with Crippen LogP contribution in [0.3, 0.4) is 0 Å². The molecule has 3 heterocycles. The summed E-state index contributed by atoms with van der Waals surface area (Å²) in [5.74, 6) is -0.655. The third-order valence-electron chi connectivity index (χ3n) is 7.82. The fourth-order valence-corrected chi connectivity index (χ4v) is 6.37. The zero-order chi connectivity index (χ0) is 28.0. The molecule has 0 aliphatic carbocycles. The van der Waals surface area contributed by atoms with Gasteiger partial charge in [-0.05, 0) is 53.6 Å². The predicted molar refractivity (Wildman–Crippen MR) is 153 cm³/mol. The largest absolute Gasteiger partial charge is 0.332 e. The van der Waals surface area contributed by atoms with E-state index in [1.54, 1.807) is 54.8 Å². The molecule has 1 aromatic heterocycles. The normalized spacial score (nSPS) is 21.0. The van der Waals surface area contributed by atoms with Crippen LogP contribution in [-0.4, -0.2) is 57.0 Å². The van der Waals surface area contributed by atoms with Crippen molar-refractivity contribution in [1.82, 2.24) is 19.4 Å². The molecular weight excluding hydrogens is 547 g/mol. The summed E-state index contributed by atoms with van der Waals surface area (Å²) in [5, 5.41) is 9.98. The first-order valence-corrected chi connectivity index (χ1v) is 13.4. The molecule has 6 rings (SSSR count). The third kappa shape index (κ3) is 4.33. The van der Waals surface area contributed by atoms with Crippen LogP contribution in [0.4, 0.5) is 10.5 Å². The third-order valence-corrected chi connectivity index (χ3v) is 8.26. The summed E-state index contributed by atoms with van der Waals surface area (Å²) >= 11 is 12.5. The average molecular weight is 571 g/mol. The van der Waals surface area contributed by atoms with Gasteiger partial charge in [0.15, 0.2) is 0 Å². The monoisotopic (exact) mass is 570 g/mol. The lowest BCUT2D eigenvalue weighted by Crippen LogP contribution is -2.53. The molecular formula is C30H24Cl2N6O2. The number of likely N-dealkylation sites (N-methyl/N-ethyl adjacent to an activating group) is 1. The smallest absolute Gasteiger partial charge is 0.310 e. The first kappa shape index (κ1) is 26.1. The Balaban J connectivity index is 1.36. The number of carbonyl (C=O) groups is 2. The molecule has 2 saturated heterocycles. The van der Waals surface area contributed by atoms with E-state index in [9.17, 15) is 14.9 Å². The zero-order valence-electron chi connectivity index (χ0n) is 21.5. The fraction of sp³-hybridized carbons (Fsp3) is 0.200. The fourth-order valence-electron chi connectivity index (χ4n) is 5.86. The lowest BCUT2D eigenvalue weighted by atomic mass is 9.80. The van der Waals surface area contributed by atoms with Gasteiger partial charge in [0.2, 0.25) is 0 Å². The van der Waals surface area contributed by atoms with Gasteiger partial charge in [-0.1, -0.05) is 47.5 Å². The summed E-state index contributed by atoms with van der Waals surface area (Å²) in [5.41, 5.74) is 2.68. The van der Waals surface area contributed by atoms with Crippen molar-refractivity contribution in [1.29, 1.82) is 5.26 Å². The number of benzene rings is 3. The molecule has 0 radical (unpaired) electrons. The number of imide groups is 1. The maximum atomic E-state index is 14.3. The van der Waals surface area contributed by atoms with Crippen LogP contribution < -0.4 is 4.90 Å². The average Bonchev–Trinajstić information content (AvgIpc) is 3.65. The van der Waals surface area contributed by atoms with Crippen LogP contribution in [0.1, 0.15) is 22.6 Å². The minimum atomic E-state index is -1.16. The Bertz CT molecular complexity index is 1610. The van der Waals surface area contributed by atoms with Crippen LogP contribution in [0.15, 0.2) is 85.5 Å². The SMILES string of the molecule is CN1C(=O)N(c2cc(Cl)cc(Cl)c2)C(=O)[C@]12CN(Cc1ccc(-n3ccnc3)cc1)C[C@H]2c1ccc(C#N)cc1. The van der Waals surface area contributed by atoms with Crippen molar-refractivity contribution in [2.45, 2.75) is 18.0 Å². The Morgan fingerprint density at radius 2 is 1.70 bits per heavy atom. The minimum absolute atomic E-state index is 0.327. The number of amides is 3. The number of rotatable bonds is 5. The summed E-state index contributed by atoms with van der Waals surface area (Å²) in [6.07, 6.45) is 5.37. The summed E-state index contributed by atoms with van der Waals surface area (Å²) in [4.78, 5) is 37.0. The Morgan fingerprint density at radius 1 is 1.00 bits per heavy atom. The molecule has 40 heavy (non-hydrogen) atoms. The van der Waals surface area contributed by atoms with Gasteiger partial charge < -0.3 is 9.47 Å².